The summed E-state index contributed by atoms with van der Waals surface area (Å²) in [6.45, 7) is 2.67. The van der Waals surface area contributed by atoms with Crippen molar-refractivity contribution in [3.8, 4) is 5.75 Å². The van der Waals surface area contributed by atoms with E-state index in [2.05, 4.69) is 4.74 Å². The van der Waals surface area contributed by atoms with Crippen LogP contribution in [0.2, 0.25) is 0 Å². The van der Waals surface area contributed by atoms with Gasteiger partial charge in [0.05, 0.1) is 11.5 Å². The number of hydrogen-bond donors (Lipinski definition) is 0. The summed E-state index contributed by atoms with van der Waals surface area (Å²) in [6.07, 6.45) is 0. The van der Waals surface area contributed by atoms with Crippen LogP contribution in [-0.2, 0) is 15.6 Å². The molecular weight excluding hydrogens is 274 g/mol. The van der Waals surface area contributed by atoms with Crippen molar-refractivity contribution in [3.63, 3.8) is 0 Å². The van der Waals surface area contributed by atoms with Crippen molar-refractivity contribution >= 4 is 9.84 Å². The van der Waals surface area contributed by atoms with Crippen LogP contribution in [0.25, 0.3) is 0 Å². The largest absolute Gasteiger partial charge is 0.435 e. The molecule has 0 aromatic heterocycles. The number of rotatable bonds is 5. The van der Waals surface area contributed by atoms with Crippen LogP contribution in [0.3, 0.4) is 0 Å². The highest BCUT2D eigenvalue weighted by Crippen LogP contribution is 2.21. The van der Waals surface area contributed by atoms with Crippen LogP contribution < -0.4 is 4.74 Å². The van der Waals surface area contributed by atoms with Crippen molar-refractivity contribution in [2.24, 2.45) is 5.41 Å². The molecule has 0 radical (unpaired) electrons. The van der Waals surface area contributed by atoms with E-state index < -0.39 is 16.4 Å². The molecule has 0 spiro atoms. The van der Waals surface area contributed by atoms with Crippen LogP contribution in [0.1, 0.15) is 26.3 Å². The van der Waals surface area contributed by atoms with Gasteiger partial charge in [-0.2, -0.15) is 8.78 Å². The van der Waals surface area contributed by atoms with Crippen LogP contribution in [0.15, 0.2) is 24.3 Å². The molecule has 1 aromatic carbocycles. The van der Waals surface area contributed by atoms with Gasteiger partial charge in [0, 0.05) is 0 Å². The minimum atomic E-state index is -3.22. The van der Waals surface area contributed by atoms with Gasteiger partial charge in [-0.05, 0) is 23.1 Å². The van der Waals surface area contributed by atoms with E-state index in [-0.39, 0.29) is 22.7 Å². The van der Waals surface area contributed by atoms with Crippen LogP contribution in [0.5, 0.6) is 5.75 Å². The number of benzene rings is 1. The van der Waals surface area contributed by atoms with E-state index in [9.17, 15) is 17.2 Å². The Hall–Kier alpha value is -1.17. The Morgan fingerprint density at radius 1 is 1.16 bits per heavy atom. The van der Waals surface area contributed by atoms with Crippen molar-refractivity contribution in [1.29, 1.82) is 0 Å². The number of hydrogen-bond acceptors (Lipinski definition) is 3. The molecule has 0 saturated heterocycles. The molecule has 0 fully saturated rings. The molecular formula is C13H18F2O3S. The molecule has 6 heteroatoms. The summed E-state index contributed by atoms with van der Waals surface area (Å²) in [5.74, 6) is 0.00101. The molecule has 0 bridgehead atoms. The summed E-state index contributed by atoms with van der Waals surface area (Å²) in [6, 6.07) is 5.65. The summed E-state index contributed by atoms with van der Waals surface area (Å²) in [7, 11) is -3.22. The lowest BCUT2D eigenvalue weighted by molar-refractivity contribution is -0.0498. The molecule has 19 heavy (non-hydrogen) atoms. The van der Waals surface area contributed by atoms with E-state index >= 15 is 0 Å². The fourth-order valence-corrected chi connectivity index (χ4v) is 3.85. The van der Waals surface area contributed by atoms with E-state index in [1.807, 2.05) is 20.8 Å². The zero-order chi connectivity index (χ0) is 14.7. The average molecular weight is 292 g/mol. The van der Waals surface area contributed by atoms with E-state index in [1.165, 1.54) is 24.3 Å². The molecule has 0 aliphatic carbocycles. The topological polar surface area (TPSA) is 43.4 Å². The lowest BCUT2D eigenvalue weighted by atomic mass is 10.0. The van der Waals surface area contributed by atoms with Crippen LogP contribution >= 0.6 is 0 Å². The van der Waals surface area contributed by atoms with Gasteiger partial charge in [0.25, 0.3) is 0 Å². The van der Waals surface area contributed by atoms with Gasteiger partial charge < -0.3 is 4.74 Å². The van der Waals surface area contributed by atoms with Gasteiger partial charge in [-0.1, -0.05) is 32.9 Å². The highest BCUT2D eigenvalue weighted by atomic mass is 32.2. The van der Waals surface area contributed by atoms with Crippen LogP contribution in [0, 0.1) is 5.41 Å². The molecule has 0 saturated carbocycles. The fourth-order valence-electron chi connectivity index (χ4n) is 1.73. The minimum absolute atomic E-state index is 0.0203. The van der Waals surface area contributed by atoms with E-state index in [0.717, 1.165) is 0 Å². The molecule has 0 unspecified atom stereocenters. The maximum absolute atomic E-state index is 12.0. The predicted molar refractivity (Wildman–Crippen MR) is 70.0 cm³/mol. The van der Waals surface area contributed by atoms with E-state index in [0.29, 0.717) is 5.56 Å². The second-order valence-corrected chi connectivity index (χ2v) is 7.68. The van der Waals surface area contributed by atoms with Gasteiger partial charge in [0.2, 0.25) is 0 Å². The first-order valence-electron chi connectivity index (χ1n) is 5.82. The Morgan fingerprint density at radius 3 is 2.11 bits per heavy atom. The zero-order valence-electron chi connectivity index (χ0n) is 11.2. The molecule has 0 atom stereocenters. The lowest BCUT2D eigenvalue weighted by Gasteiger charge is -2.18. The van der Waals surface area contributed by atoms with Crippen molar-refractivity contribution in [2.75, 3.05) is 5.75 Å². The fraction of sp³-hybridized carbons (Fsp3) is 0.538. The van der Waals surface area contributed by atoms with Gasteiger partial charge in [-0.3, -0.25) is 0 Å². The molecule has 1 aromatic rings. The number of sulfone groups is 1. The highest BCUT2D eigenvalue weighted by molar-refractivity contribution is 7.90. The quantitative estimate of drug-likeness (QED) is 0.836. The van der Waals surface area contributed by atoms with E-state index in [1.54, 1.807) is 0 Å². The van der Waals surface area contributed by atoms with Crippen molar-refractivity contribution < 1.29 is 21.9 Å². The normalized spacial score (nSPS) is 12.7. The van der Waals surface area contributed by atoms with E-state index in [4.69, 9.17) is 0 Å². The third kappa shape index (κ3) is 6.52. The molecule has 108 valence electrons. The Labute approximate surface area is 112 Å². The summed E-state index contributed by atoms with van der Waals surface area (Å²) in [4.78, 5) is 0. The monoisotopic (exact) mass is 292 g/mol. The first-order valence-corrected chi connectivity index (χ1v) is 7.64. The molecule has 0 aliphatic heterocycles. The summed E-state index contributed by atoms with van der Waals surface area (Å²) in [5.41, 5.74) is 0.253. The summed E-state index contributed by atoms with van der Waals surface area (Å²) < 4.78 is 52.0. The maximum atomic E-state index is 12.0. The minimum Gasteiger partial charge on any atom is -0.435 e. The molecule has 3 nitrogen and oxygen atoms in total. The Kier molecular flexibility index (Phi) is 4.90. The molecule has 0 heterocycles. The summed E-state index contributed by atoms with van der Waals surface area (Å²) >= 11 is 0. The molecule has 0 aliphatic rings. The third-order valence-electron chi connectivity index (χ3n) is 2.19. The standard InChI is InChI=1S/C13H18F2O3S/c1-13(2,3)9-19(16,17)8-10-4-6-11(7-5-10)18-12(14)15/h4-7,12H,8-9H2,1-3H3. The summed E-state index contributed by atoms with van der Waals surface area (Å²) in [5, 5.41) is 0. The second kappa shape index (κ2) is 5.86. The SMILES string of the molecule is CC(C)(C)CS(=O)(=O)Cc1ccc(OC(F)F)cc1. The highest BCUT2D eigenvalue weighted by Gasteiger charge is 2.21. The lowest BCUT2D eigenvalue weighted by Crippen LogP contribution is -2.22. The smallest absolute Gasteiger partial charge is 0.387 e. The molecule has 0 N–H and O–H groups in total. The first kappa shape index (κ1) is 15.9. The Morgan fingerprint density at radius 2 is 1.68 bits per heavy atom. The van der Waals surface area contributed by atoms with Gasteiger partial charge in [0.1, 0.15) is 5.75 Å². The van der Waals surface area contributed by atoms with Crippen molar-refractivity contribution in [2.45, 2.75) is 33.1 Å². The first-order chi connectivity index (χ1) is 8.57. The third-order valence-corrected chi connectivity index (χ3v) is 4.27. The van der Waals surface area contributed by atoms with Gasteiger partial charge in [0.15, 0.2) is 9.84 Å². The predicted octanol–water partition coefficient (Wildman–Crippen LogP) is 3.25. The van der Waals surface area contributed by atoms with Crippen molar-refractivity contribution in [3.05, 3.63) is 29.8 Å². The molecule has 0 amide bonds. The van der Waals surface area contributed by atoms with Crippen LogP contribution in [0.4, 0.5) is 8.78 Å². The molecule has 1 rings (SSSR count). The van der Waals surface area contributed by atoms with Gasteiger partial charge in [-0.15, -0.1) is 0 Å². The average Bonchev–Trinajstić information content (AvgIpc) is 2.15. The van der Waals surface area contributed by atoms with Gasteiger partial charge in [-0.25, -0.2) is 8.42 Å². The maximum Gasteiger partial charge on any atom is 0.387 e. The Balaban J connectivity index is 2.73. The second-order valence-electron chi connectivity index (χ2n) is 5.62. The number of alkyl halides is 2. The number of ether oxygens (including phenoxy) is 1. The van der Waals surface area contributed by atoms with Gasteiger partial charge >= 0.3 is 6.61 Å². The Bertz CT molecular complexity index is 502. The van der Waals surface area contributed by atoms with Crippen molar-refractivity contribution in [1.82, 2.24) is 0 Å². The zero-order valence-corrected chi connectivity index (χ0v) is 12.0. The number of halogens is 2. The van der Waals surface area contributed by atoms with Crippen LogP contribution in [-0.4, -0.2) is 20.8 Å².